The number of benzene rings is 1. The Hall–Kier alpha value is -1.89. The van der Waals surface area contributed by atoms with Crippen LogP contribution >= 0.6 is 0 Å². The predicted molar refractivity (Wildman–Crippen MR) is 73.2 cm³/mol. The smallest absolute Gasteiger partial charge is 0.254 e. The van der Waals surface area contributed by atoms with Gasteiger partial charge in [-0.2, -0.15) is 0 Å². The fourth-order valence-electron chi connectivity index (χ4n) is 2.44. The van der Waals surface area contributed by atoms with E-state index >= 15 is 0 Å². The van der Waals surface area contributed by atoms with Gasteiger partial charge < -0.3 is 9.32 Å². The van der Waals surface area contributed by atoms with E-state index in [9.17, 15) is 13.2 Å². The highest BCUT2D eigenvalue weighted by Crippen LogP contribution is 2.20. The van der Waals surface area contributed by atoms with Crippen molar-refractivity contribution in [2.75, 3.05) is 18.6 Å². The SMILES string of the molecule is CN(C(=O)c1ccc2ncoc2c1)C1CCS(=O)(=O)C1. The van der Waals surface area contributed by atoms with Crippen LogP contribution in [0.4, 0.5) is 0 Å². The summed E-state index contributed by atoms with van der Waals surface area (Å²) < 4.78 is 28.1. The molecule has 1 aliphatic rings. The van der Waals surface area contributed by atoms with Gasteiger partial charge >= 0.3 is 0 Å². The maximum atomic E-state index is 12.4. The summed E-state index contributed by atoms with van der Waals surface area (Å²) in [5.41, 5.74) is 1.71. The topological polar surface area (TPSA) is 80.5 Å². The summed E-state index contributed by atoms with van der Waals surface area (Å²) in [6.07, 6.45) is 1.82. The molecule has 1 fully saturated rings. The standard InChI is InChI=1S/C13H14N2O4S/c1-15(10-4-5-20(17,18)7-10)13(16)9-2-3-11-12(6-9)19-8-14-11/h2-3,6,8,10H,4-5,7H2,1H3. The molecule has 0 spiro atoms. The fourth-order valence-corrected chi connectivity index (χ4v) is 4.21. The van der Waals surface area contributed by atoms with Crippen LogP contribution in [0.5, 0.6) is 0 Å². The molecule has 1 atom stereocenters. The van der Waals surface area contributed by atoms with E-state index in [0.717, 1.165) is 0 Å². The van der Waals surface area contributed by atoms with Gasteiger partial charge in [0.2, 0.25) is 0 Å². The maximum Gasteiger partial charge on any atom is 0.254 e. The zero-order valence-electron chi connectivity index (χ0n) is 10.9. The van der Waals surface area contributed by atoms with Crippen molar-refractivity contribution in [1.29, 1.82) is 0 Å². The fraction of sp³-hybridized carbons (Fsp3) is 0.385. The third kappa shape index (κ3) is 2.29. The summed E-state index contributed by atoms with van der Waals surface area (Å²) in [5, 5.41) is 0. The maximum absolute atomic E-state index is 12.4. The molecule has 20 heavy (non-hydrogen) atoms. The third-order valence-electron chi connectivity index (χ3n) is 3.65. The van der Waals surface area contributed by atoms with Crippen molar-refractivity contribution in [3.05, 3.63) is 30.2 Å². The lowest BCUT2D eigenvalue weighted by Gasteiger charge is -2.23. The van der Waals surface area contributed by atoms with Crippen LogP contribution in [0.3, 0.4) is 0 Å². The van der Waals surface area contributed by atoms with Crippen LogP contribution < -0.4 is 0 Å². The zero-order valence-corrected chi connectivity index (χ0v) is 11.8. The lowest BCUT2D eigenvalue weighted by atomic mass is 10.1. The van der Waals surface area contributed by atoms with Crippen LogP contribution in [0.1, 0.15) is 16.8 Å². The van der Waals surface area contributed by atoms with E-state index in [-0.39, 0.29) is 23.5 Å². The third-order valence-corrected chi connectivity index (χ3v) is 5.41. The van der Waals surface area contributed by atoms with Gasteiger partial charge in [-0.3, -0.25) is 4.79 Å². The number of amides is 1. The molecule has 7 heteroatoms. The Labute approximate surface area is 116 Å². The van der Waals surface area contributed by atoms with Crippen molar-refractivity contribution in [2.45, 2.75) is 12.5 Å². The van der Waals surface area contributed by atoms with E-state index in [1.54, 1.807) is 25.2 Å². The van der Waals surface area contributed by atoms with Crippen LogP contribution in [0.15, 0.2) is 29.0 Å². The molecule has 1 unspecified atom stereocenters. The second-order valence-electron chi connectivity index (χ2n) is 5.01. The highest BCUT2D eigenvalue weighted by Gasteiger charge is 2.33. The Morgan fingerprint density at radius 2 is 2.25 bits per heavy atom. The average Bonchev–Trinajstić information content (AvgIpc) is 3.02. The molecule has 0 aliphatic carbocycles. The van der Waals surface area contributed by atoms with Crippen molar-refractivity contribution >= 4 is 26.8 Å². The molecule has 0 radical (unpaired) electrons. The van der Waals surface area contributed by atoms with E-state index in [1.165, 1.54) is 11.3 Å². The molecular weight excluding hydrogens is 280 g/mol. The van der Waals surface area contributed by atoms with Crippen LogP contribution in [-0.4, -0.2) is 48.8 Å². The van der Waals surface area contributed by atoms with E-state index in [0.29, 0.717) is 23.1 Å². The summed E-state index contributed by atoms with van der Waals surface area (Å²) in [7, 11) is -1.37. The van der Waals surface area contributed by atoms with Gasteiger partial charge in [-0.05, 0) is 24.6 Å². The lowest BCUT2D eigenvalue weighted by molar-refractivity contribution is 0.0747. The van der Waals surface area contributed by atoms with E-state index in [1.807, 2.05) is 0 Å². The van der Waals surface area contributed by atoms with Gasteiger partial charge in [-0.25, -0.2) is 13.4 Å². The highest BCUT2D eigenvalue weighted by atomic mass is 32.2. The quantitative estimate of drug-likeness (QED) is 0.828. The number of nitrogens with zero attached hydrogens (tertiary/aromatic N) is 2. The molecule has 2 aromatic rings. The highest BCUT2D eigenvalue weighted by molar-refractivity contribution is 7.91. The van der Waals surface area contributed by atoms with E-state index < -0.39 is 9.84 Å². The van der Waals surface area contributed by atoms with Crippen LogP contribution in [0.2, 0.25) is 0 Å². The largest absolute Gasteiger partial charge is 0.443 e. The monoisotopic (exact) mass is 294 g/mol. The Morgan fingerprint density at radius 3 is 2.95 bits per heavy atom. The van der Waals surface area contributed by atoms with E-state index in [4.69, 9.17) is 4.42 Å². The number of carbonyl (C=O) groups excluding carboxylic acids is 1. The first-order valence-electron chi connectivity index (χ1n) is 6.27. The number of hydrogen-bond acceptors (Lipinski definition) is 5. The summed E-state index contributed by atoms with van der Waals surface area (Å²) in [5.74, 6) is -0.0126. The molecule has 3 rings (SSSR count). The molecule has 1 saturated heterocycles. The molecule has 106 valence electrons. The van der Waals surface area contributed by atoms with Gasteiger partial charge in [0.15, 0.2) is 21.8 Å². The lowest BCUT2D eigenvalue weighted by Crippen LogP contribution is -2.37. The second-order valence-corrected chi connectivity index (χ2v) is 7.24. The van der Waals surface area contributed by atoms with Gasteiger partial charge in [-0.15, -0.1) is 0 Å². The molecule has 6 nitrogen and oxygen atoms in total. The first-order chi connectivity index (χ1) is 9.46. The minimum atomic E-state index is -3.00. The average molecular weight is 294 g/mol. The minimum Gasteiger partial charge on any atom is -0.443 e. The summed E-state index contributed by atoms with van der Waals surface area (Å²) in [4.78, 5) is 17.9. The Kier molecular flexibility index (Phi) is 3.01. The van der Waals surface area contributed by atoms with Crippen molar-refractivity contribution < 1.29 is 17.6 Å². The number of rotatable bonds is 2. The second kappa shape index (κ2) is 4.59. The zero-order chi connectivity index (χ0) is 14.3. The summed E-state index contributed by atoms with van der Waals surface area (Å²) >= 11 is 0. The molecular formula is C13H14N2O4S. The van der Waals surface area contributed by atoms with Crippen LogP contribution in [0.25, 0.3) is 11.1 Å². The predicted octanol–water partition coefficient (Wildman–Crippen LogP) is 1.09. The number of fused-ring (bicyclic) bond motifs is 1. The molecule has 0 saturated carbocycles. The van der Waals surface area contributed by atoms with Gasteiger partial charge in [0.25, 0.3) is 5.91 Å². The molecule has 0 N–H and O–H groups in total. The molecule has 0 bridgehead atoms. The molecule has 1 amide bonds. The summed E-state index contributed by atoms with van der Waals surface area (Å²) in [6, 6.07) is 4.76. The normalized spacial score (nSPS) is 21.1. The van der Waals surface area contributed by atoms with Crippen LogP contribution in [0, 0.1) is 0 Å². The number of sulfone groups is 1. The molecule has 1 aliphatic heterocycles. The van der Waals surface area contributed by atoms with Gasteiger partial charge in [0.1, 0.15) is 5.52 Å². The Balaban J connectivity index is 1.84. The number of carbonyl (C=O) groups is 1. The number of oxazole rings is 1. The Morgan fingerprint density at radius 1 is 1.45 bits per heavy atom. The Bertz CT molecular complexity index is 766. The summed E-state index contributed by atoms with van der Waals surface area (Å²) in [6.45, 7) is 0. The van der Waals surface area contributed by atoms with E-state index in [2.05, 4.69) is 4.98 Å². The van der Waals surface area contributed by atoms with Gasteiger partial charge in [0, 0.05) is 18.7 Å². The molecule has 1 aromatic carbocycles. The number of aromatic nitrogens is 1. The van der Waals surface area contributed by atoms with Crippen molar-refractivity contribution in [1.82, 2.24) is 9.88 Å². The minimum absolute atomic E-state index is 0.0415. The van der Waals surface area contributed by atoms with Crippen LogP contribution in [-0.2, 0) is 9.84 Å². The first-order valence-corrected chi connectivity index (χ1v) is 8.09. The van der Waals surface area contributed by atoms with Gasteiger partial charge in [0.05, 0.1) is 11.5 Å². The van der Waals surface area contributed by atoms with Crippen molar-refractivity contribution in [2.24, 2.45) is 0 Å². The first kappa shape index (κ1) is 13.1. The van der Waals surface area contributed by atoms with Crippen molar-refractivity contribution in [3.63, 3.8) is 0 Å². The number of hydrogen-bond donors (Lipinski definition) is 0. The molecule has 2 heterocycles. The molecule has 1 aromatic heterocycles. The van der Waals surface area contributed by atoms with Gasteiger partial charge in [-0.1, -0.05) is 0 Å². The van der Waals surface area contributed by atoms with Crippen molar-refractivity contribution in [3.8, 4) is 0 Å².